The van der Waals surface area contributed by atoms with Crippen LogP contribution in [-0.4, -0.2) is 58.0 Å². The molecular formula is C12H22N6O3+2. The van der Waals surface area contributed by atoms with Crippen LogP contribution in [-0.2, 0) is 4.74 Å². The third-order valence-corrected chi connectivity index (χ3v) is 4.91. The fraction of sp³-hybridized carbons (Fsp3) is 0.750. The SMILES string of the molecule is C[C@]1(O)CC[N+]2=C(N)N[C@@H](COC(N)=O)C3CC(N)=[NH+]C321. The largest absolute Gasteiger partial charge is 0.446 e. The van der Waals surface area contributed by atoms with Crippen molar-refractivity contribution in [3.05, 3.63) is 0 Å². The molecule has 0 aromatic carbocycles. The van der Waals surface area contributed by atoms with E-state index in [-0.39, 0.29) is 18.6 Å². The van der Waals surface area contributed by atoms with Gasteiger partial charge in [-0.3, -0.25) is 16.8 Å². The van der Waals surface area contributed by atoms with E-state index >= 15 is 0 Å². The molecule has 9 nitrogen and oxygen atoms in total. The van der Waals surface area contributed by atoms with E-state index in [0.29, 0.717) is 31.2 Å². The first-order valence-corrected chi connectivity index (χ1v) is 6.98. The Morgan fingerprint density at radius 1 is 1.62 bits per heavy atom. The number of amides is 1. The van der Waals surface area contributed by atoms with Crippen LogP contribution in [0.5, 0.6) is 0 Å². The van der Waals surface area contributed by atoms with Crippen LogP contribution in [0.25, 0.3) is 0 Å². The van der Waals surface area contributed by atoms with Crippen LogP contribution in [0.4, 0.5) is 4.79 Å². The van der Waals surface area contributed by atoms with Gasteiger partial charge in [-0.2, -0.15) is 0 Å². The summed E-state index contributed by atoms with van der Waals surface area (Å²) in [5.74, 6) is 0.929. The number of carbonyl (C=O) groups excluding carboxylic acids is 1. The standard InChI is InChI=1S/C12H20N6O3/c1-11(20)2-3-18-9(14)16-7(5-21-10(15)19)6-4-8(13)17-12(6,11)18/h6-7,20H,2-5H2,1H3,(H6,13,14,15,16,17,19)/p+2/t6?,7-,11-,12?/m0/s1. The molecule has 3 rings (SSSR count). The zero-order chi connectivity index (χ0) is 15.4. The summed E-state index contributed by atoms with van der Waals surface area (Å²) in [6.07, 6.45) is 0.280. The zero-order valence-electron chi connectivity index (χ0n) is 11.9. The zero-order valence-corrected chi connectivity index (χ0v) is 11.9. The molecule has 1 fully saturated rings. The Bertz CT molecular complexity index is 557. The van der Waals surface area contributed by atoms with Crippen molar-refractivity contribution in [3.63, 3.8) is 0 Å². The second-order valence-electron chi connectivity index (χ2n) is 6.17. The molecule has 0 radical (unpaired) electrons. The molecule has 4 atom stereocenters. The topological polar surface area (TPSA) is 154 Å². The number of guanidine groups is 1. The van der Waals surface area contributed by atoms with Gasteiger partial charge >= 0.3 is 12.1 Å². The van der Waals surface area contributed by atoms with Gasteiger partial charge in [0.1, 0.15) is 18.2 Å². The van der Waals surface area contributed by atoms with Crippen LogP contribution < -0.4 is 27.5 Å². The molecule has 3 heterocycles. The smallest absolute Gasteiger partial charge is 0.404 e. The first-order valence-electron chi connectivity index (χ1n) is 6.98. The van der Waals surface area contributed by atoms with E-state index in [1.54, 1.807) is 6.92 Å². The Labute approximate surface area is 121 Å². The molecule has 21 heavy (non-hydrogen) atoms. The maximum absolute atomic E-state index is 10.9. The summed E-state index contributed by atoms with van der Waals surface area (Å²) in [5.41, 5.74) is 15.3. The van der Waals surface area contributed by atoms with Gasteiger partial charge in [-0.1, -0.05) is 0 Å². The van der Waals surface area contributed by atoms with Crippen molar-refractivity contribution >= 4 is 17.9 Å². The number of nitrogens with two attached hydrogens (primary N) is 3. The van der Waals surface area contributed by atoms with E-state index in [2.05, 4.69) is 10.3 Å². The molecule has 1 saturated heterocycles. The summed E-state index contributed by atoms with van der Waals surface area (Å²) in [6, 6.07) is -0.271. The van der Waals surface area contributed by atoms with Crippen LogP contribution in [0.3, 0.4) is 0 Å². The fourth-order valence-electron chi connectivity index (χ4n) is 4.00. The summed E-state index contributed by atoms with van der Waals surface area (Å²) in [7, 11) is 0. The van der Waals surface area contributed by atoms with E-state index in [4.69, 9.17) is 21.9 Å². The number of rotatable bonds is 2. The van der Waals surface area contributed by atoms with Gasteiger partial charge in [0, 0.05) is 6.42 Å². The molecule has 3 aliphatic rings. The Morgan fingerprint density at radius 3 is 3.00 bits per heavy atom. The number of nitrogens with one attached hydrogen (secondary N) is 2. The van der Waals surface area contributed by atoms with E-state index in [1.807, 2.05) is 4.58 Å². The Morgan fingerprint density at radius 2 is 2.33 bits per heavy atom. The van der Waals surface area contributed by atoms with Gasteiger partial charge in [0.05, 0.1) is 18.9 Å². The second kappa shape index (κ2) is 4.23. The normalized spacial score (nSPS) is 41.1. The van der Waals surface area contributed by atoms with Crippen LogP contribution in [0, 0.1) is 5.92 Å². The molecule has 2 unspecified atom stereocenters. The van der Waals surface area contributed by atoms with Crippen LogP contribution in [0.15, 0.2) is 0 Å². The first kappa shape index (κ1) is 13.9. The third kappa shape index (κ3) is 1.76. The molecule has 9 N–H and O–H groups in total. The first-order chi connectivity index (χ1) is 9.78. The van der Waals surface area contributed by atoms with Crippen molar-refractivity contribution in [3.8, 4) is 0 Å². The van der Waals surface area contributed by atoms with E-state index in [1.165, 1.54) is 0 Å². The lowest BCUT2D eigenvalue weighted by atomic mass is 9.76. The number of ether oxygens (including phenoxy) is 1. The predicted molar refractivity (Wildman–Crippen MR) is 73.0 cm³/mol. The van der Waals surface area contributed by atoms with Crippen molar-refractivity contribution in [1.82, 2.24) is 5.32 Å². The molecule has 1 spiro atoms. The van der Waals surface area contributed by atoms with Crippen molar-refractivity contribution in [2.24, 2.45) is 23.1 Å². The number of hydrogen-bond donors (Lipinski definition) is 6. The second-order valence-corrected chi connectivity index (χ2v) is 6.17. The lowest BCUT2D eigenvalue weighted by molar-refractivity contribution is -0.818. The van der Waals surface area contributed by atoms with E-state index < -0.39 is 17.4 Å². The third-order valence-electron chi connectivity index (χ3n) is 4.91. The van der Waals surface area contributed by atoms with Crippen molar-refractivity contribution in [2.45, 2.75) is 37.1 Å². The van der Waals surface area contributed by atoms with Gasteiger partial charge in [0.15, 0.2) is 0 Å². The minimum Gasteiger partial charge on any atom is -0.446 e. The van der Waals surface area contributed by atoms with Crippen molar-refractivity contribution in [2.75, 3.05) is 13.2 Å². The minimum absolute atomic E-state index is 0.0708. The van der Waals surface area contributed by atoms with E-state index in [9.17, 15) is 9.90 Å². The molecule has 1 amide bonds. The predicted octanol–water partition coefficient (Wildman–Crippen LogP) is -4.31. The van der Waals surface area contributed by atoms with Gasteiger partial charge in [0.2, 0.25) is 5.84 Å². The van der Waals surface area contributed by atoms with Crippen molar-refractivity contribution in [1.29, 1.82) is 0 Å². The summed E-state index contributed by atoms with van der Waals surface area (Å²) in [6.45, 7) is 2.46. The number of aliphatic hydroxyl groups is 1. The number of primary amides is 1. The van der Waals surface area contributed by atoms with Crippen LogP contribution in [0.1, 0.15) is 19.8 Å². The highest BCUT2D eigenvalue weighted by atomic mass is 16.5. The maximum atomic E-state index is 10.9. The molecule has 3 aliphatic heterocycles. The molecule has 0 aliphatic carbocycles. The minimum atomic E-state index is -1.00. The Hall–Kier alpha value is -2.03. The highest BCUT2D eigenvalue weighted by Gasteiger charge is 2.71. The Kier molecular flexibility index (Phi) is 2.81. The average molecular weight is 298 g/mol. The number of amidine groups is 1. The van der Waals surface area contributed by atoms with Crippen LogP contribution in [0.2, 0.25) is 0 Å². The lowest BCUT2D eigenvalue weighted by Crippen LogP contribution is -2.97. The quantitative estimate of drug-likeness (QED) is 0.283. The average Bonchev–Trinajstić information content (AvgIpc) is 2.85. The lowest BCUT2D eigenvalue weighted by Gasteiger charge is -2.41. The molecule has 0 saturated carbocycles. The highest BCUT2D eigenvalue weighted by molar-refractivity contribution is 5.78. The number of hydrogen-bond acceptors (Lipinski definition) is 6. The number of carbonyl (C=O) groups is 1. The summed E-state index contributed by atoms with van der Waals surface area (Å²) < 4.78 is 6.83. The molecule has 0 aromatic rings. The van der Waals surface area contributed by atoms with Crippen LogP contribution >= 0.6 is 0 Å². The summed E-state index contributed by atoms with van der Waals surface area (Å²) >= 11 is 0. The highest BCUT2D eigenvalue weighted by Crippen LogP contribution is 2.41. The number of nitrogens with zero attached hydrogens (tertiary/aromatic N) is 1. The van der Waals surface area contributed by atoms with Gasteiger partial charge in [-0.25, -0.2) is 14.4 Å². The van der Waals surface area contributed by atoms with Gasteiger partial charge in [-0.15, -0.1) is 0 Å². The van der Waals surface area contributed by atoms with Gasteiger partial charge < -0.3 is 15.6 Å². The summed E-state index contributed by atoms with van der Waals surface area (Å²) in [4.78, 5) is 14.1. The monoisotopic (exact) mass is 298 g/mol. The van der Waals surface area contributed by atoms with Gasteiger partial charge in [-0.05, 0) is 6.92 Å². The molecule has 9 heteroatoms. The molecular weight excluding hydrogens is 276 g/mol. The molecule has 116 valence electrons. The maximum Gasteiger partial charge on any atom is 0.404 e. The fourth-order valence-corrected chi connectivity index (χ4v) is 4.00. The van der Waals surface area contributed by atoms with Gasteiger partial charge in [0.25, 0.3) is 5.66 Å². The Balaban J connectivity index is 2.03. The molecule has 0 aromatic heterocycles. The van der Waals surface area contributed by atoms with Crippen molar-refractivity contribution < 1.29 is 24.2 Å². The van der Waals surface area contributed by atoms with E-state index in [0.717, 1.165) is 0 Å². The summed E-state index contributed by atoms with van der Waals surface area (Å²) in [5, 5.41) is 14.0. The molecule has 0 bridgehead atoms.